The van der Waals surface area contributed by atoms with Crippen molar-refractivity contribution in [1.29, 1.82) is 5.26 Å². The smallest absolute Gasteiger partial charge is 0.250 e. The average Bonchev–Trinajstić information content (AvgIpc) is 3.24. The summed E-state index contributed by atoms with van der Waals surface area (Å²) in [5, 5.41) is 13.4. The van der Waals surface area contributed by atoms with Gasteiger partial charge >= 0.3 is 0 Å². The molecule has 41 heavy (non-hydrogen) atoms. The summed E-state index contributed by atoms with van der Waals surface area (Å²) in [6.07, 6.45) is 1.40. The largest absolute Gasteiger partial charge is 0.436 e. The summed E-state index contributed by atoms with van der Waals surface area (Å²) < 4.78 is 23.0. The van der Waals surface area contributed by atoms with Gasteiger partial charge in [0.1, 0.15) is 11.9 Å². The fourth-order valence-corrected chi connectivity index (χ4v) is 4.91. The Morgan fingerprint density at radius 3 is 2.66 bits per heavy atom. The number of amides is 1. The van der Waals surface area contributed by atoms with Crippen molar-refractivity contribution in [3.05, 3.63) is 95.0 Å². The number of fused-ring (bicyclic) bond motifs is 1. The number of carbonyl (C=O) groups is 1. The minimum Gasteiger partial charge on any atom is -0.436 e. The first kappa shape index (κ1) is 27.4. The lowest BCUT2D eigenvalue weighted by molar-refractivity contribution is -0.112. The SMILES string of the molecule is C=C(C)C(=O)Nc1ccc(-c2c(-c3ccc(Oc4cccc(C)n4)c(F)c3)c3c(N)ncc(C#N)c3n2C)c(Cl)c1. The lowest BCUT2D eigenvalue weighted by atomic mass is 9.97. The zero-order chi connectivity index (χ0) is 29.4. The molecule has 8 nitrogen and oxygen atoms in total. The highest BCUT2D eigenvalue weighted by atomic mass is 35.5. The molecule has 3 N–H and O–H groups in total. The van der Waals surface area contributed by atoms with Crippen LogP contribution in [0.15, 0.2) is 72.9 Å². The number of rotatable bonds is 6. The maximum atomic E-state index is 15.5. The Morgan fingerprint density at radius 1 is 1.22 bits per heavy atom. The number of ether oxygens (including phenoxy) is 1. The summed E-state index contributed by atoms with van der Waals surface area (Å²) in [5.74, 6) is -0.536. The van der Waals surface area contributed by atoms with E-state index >= 15 is 4.39 Å². The van der Waals surface area contributed by atoms with E-state index in [-0.39, 0.29) is 28.9 Å². The third kappa shape index (κ3) is 5.09. The van der Waals surface area contributed by atoms with E-state index in [9.17, 15) is 10.1 Å². The number of hydrogen-bond acceptors (Lipinski definition) is 6. The van der Waals surface area contributed by atoms with Crippen LogP contribution in [-0.4, -0.2) is 20.4 Å². The standard InChI is InChI=1S/C31H24ClFN6O2/c1-16(2)31(40)38-20-9-10-21(22(32)13-20)29-26(27-28(39(29)4)19(14-34)15-36-30(27)35)18-8-11-24(23(33)12-18)41-25-7-5-6-17(3)37-25/h5-13,15H,1H2,2-4H3,(H2,35,36)(H,38,40). The summed E-state index contributed by atoms with van der Waals surface area (Å²) >= 11 is 6.76. The first-order chi connectivity index (χ1) is 19.6. The van der Waals surface area contributed by atoms with Crippen LogP contribution in [0.4, 0.5) is 15.9 Å². The molecular weight excluding hydrogens is 543 g/mol. The number of halogens is 2. The van der Waals surface area contributed by atoms with E-state index in [0.29, 0.717) is 49.6 Å². The molecule has 0 saturated carbocycles. The first-order valence-electron chi connectivity index (χ1n) is 12.4. The molecule has 0 fully saturated rings. The molecule has 0 atom stereocenters. The molecule has 0 bridgehead atoms. The minimum atomic E-state index is -0.624. The number of anilines is 2. The Kier molecular flexibility index (Phi) is 7.18. The van der Waals surface area contributed by atoms with Crippen LogP contribution in [0.3, 0.4) is 0 Å². The summed E-state index contributed by atoms with van der Waals surface area (Å²) in [6, 6.07) is 17.0. The van der Waals surface area contributed by atoms with Crippen LogP contribution in [0.2, 0.25) is 5.02 Å². The van der Waals surface area contributed by atoms with Crippen molar-refractivity contribution >= 4 is 39.9 Å². The number of nitrogens with two attached hydrogens (primary N) is 1. The van der Waals surface area contributed by atoms with Crippen molar-refractivity contribution in [2.45, 2.75) is 13.8 Å². The number of nitriles is 1. The molecule has 5 rings (SSSR count). The summed E-state index contributed by atoms with van der Waals surface area (Å²) in [7, 11) is 1.77. The molecule has 2 aromatic carbocycles. The first-order valence-corrected chi connectivity index (χ1v) is 12.8. The number of hydrogen-bond donors (Lipinski definition) is 2. The average molecular weight is 567 g/mol. The van der Waals surface area contributed by atoms with Gasteiger partial charge in [0.25, 0.3) is 5.91 Å². The zero-order valence-electron chi connectivity index (χ0n) is 22.4. The summed E-state index contributed by atoms with van der Waals surface area (Å²) in [4.78, 5) is 20.6. The van der Waals surface area contributed by atoms with Gasteiger partial charge in [-0.05, 0) is 55.8 Å². The van der Waals surface area contributed by atoms with E-state index in [1.807, 2.05) is 13.0 Å². The molecule has 0 saturated heterocycles. The van der Waals surface area contributed by atoms with Crippen LogP contribution >= 0.6 is 11.6 Å². The molecule has 0 aliphatic rings. The van der Waals surface area contributed by atoms with Gasteiger partial charge in [-0.15, -0.1) is 0 Å². The molecule has 0 unspecified atom stereocenters. The number of nitrogen functional groups attached to an aromatic ring is 1. The van der Waals surface area contributed by atoms with Gasteiger partial charge in [-0.1, -0.05) is 30.3 Å². The fourth-order valence-electron chi connectivity index (χ4n) is 4.64. The molecule has 204 valence electrons. The van der Waals surface area contributed by atoms with E-state index in [0.717, 1.165) is 5.69 Å². The second-order valence-corrected chi connectivity index (χ2v) is 9.88. The van der Waals surface area contributed by atoms with Crippen LogP contribution in [0.5, 0.6) is 11.6 Å². The van der Waals surface area contributed by atoms with Gasteiger partial charge in [0.15, 0.2) is 11.6 Å². The summed E-state index contributed by atoms with van der Waals surface area (Å²) in [6.45, 7) is 7.07. The van der Waals surface area contributed by atoms with Crippen LogP contribution in [0.25, 0.3) is 33.3 Å². The van der Waals surface area contributed by atoms with Crippen LogP contribution in [0, 0.1) is 24.1 Å². The van der Waals surface area contributed by atoms with Crippen molar-refractivity contribution in [2.24, 2.45) is 7.05 Å². The van der Waals surface area contributed by atoms with Gasteiger partial charge in [0.05, 0.1) is 27.2 Å². The third-order valence-corrected chi connectivity index (χ3v) is 6.84. The number of nitrogens with one attached hydrogen (secondary N) is 1. The number of pyridine rings is 2. The molecule has 0 radical (unpaired) electrons. The lowest BCUT2D eigenvalue weighted by Gasteiger charge is -2.13. The number of nitrogens with zero attached hydrogens (tertiary/aromatic N) is 4. The van der Waals surface area contributed by atoms with Crippen molar-refractivity contribution in [1.82, 2.24) is 14.5 Å². The van der Waals surface area contributed by atoms with Gasteiger partial charge < -0.3 is 20.4 Å². The Balaban J connectivity index is 1.71. The maximum absolute atomic E-state index is 15.5. The number of carbonyl (C=O) groups excluding carboxylic acids is 1. The van der Waals surface area contributed by atoms with Crippen molar-refractivity contribution in [3.8, 4) is 40.1 Å². The highest BCUT2D eigenvalue weighted by Gasteiger charge is 2.25. The Morgan fingerprint density at radius 2 is 2.00 bits per heavy atom. The molecule has 1 amide bonds. The predicted octanol–water partition coefficient (Wildman–Crippen LogP) is 7.16. The molecule has 0 aliphatic carbocycles. The van der Waals surface area contributed by atoms with E-state index < -0.39 is 5.82 Å². The Labute approximate surface area is 240 Å². The second-order valence-electron chi connectivity index (χ2n) is 9.47. The van der Waals surface area contributed by atoms with E-state index in [2.05, 4.69) is 27.9 Å². The van der Waals surface area contributed by atoms with Crippen LogP contribution in [0.1, 0.15) is 18.2 Å². The van der Waals surface area contributed by atoms with E-state index in [4.69, 9.17) is 22.1 Å². The molecule has 0 aliphatic heterocycles. The molecule has 5 aromatic rings. The predicted molar refractivity (Wildman–Crippen MR) is 158 cm³/mol. The van der Waals surface area contributed by atoms with Crippen molar-refractivity contribution < 1.29 is 13.9 Å². The monoisotopic (exact) mass is 566 g/mol. The summed E-state index contributed by atoms with van der Waals surface area (Å²) in [5.41, 5.74) is 10.9. The van der Waals surface area contributed by atoms with Gasteiger partial charge in [-0.25, -0.2) is 14.4 Å². The highest BCUT2D eigenvalue weighted by Crippen LogP contribution is 2.46. The molecule has 3 aromatic heterocycles. The number of benzene rings is 2. The van der Waals surface area contributed by atoms with Gasteiger partial charge in [-0.2, -0.15) is 5.26 Å². The third-order valence-electron chi connectivity index (χ3n) is 6.53. The highest BCUT2D eigenvalue weighted by molar-refractivity contribution is 6.34. The quantitative estimate of drug-likeness (QED) is 0.210. The Bertz CT molecular complexity index is 1920. The Hall–Kier alpha value is -5.20. The van der Waals surface area contributed by atoms with Gasteiger partial charge in [-0.3, -0.25) is 4.79 Å². The second kappa shape index (κ2) is 10.8. The topological polar surface area (TPSA) is 119 Å². The number of aromatic nitrogens is 3. The normalized spacial score (nSPS) is 10.8. The van der Waals surface area contributed by atoms with Gasteiger partial charge in [0.2, 0.25) is 5.88 Å². The molecule has 0 spiro atoms. The van der Waals surface area contributed by atoms with E-state index in [1.54, 1.807) is 54.9 Å². The maximum Gasteiger partial charge on any atom is 0.250 e. The van der Waals surface area contributed by atoms with E-state index in [1.165, 1.54) is 18.3 Å². The van der Waals surface area contributed by atoms with Crippen LogP contribution in [-0.2, 0) is 11.8 Å². The zero-order valence-corrected chi connectivity index (χ0v) is 23.2. The minimum absolute atomic E-state index is 0.00640. The lowest BCUT2D eigenvalue weighted by Crippen LogP contribution is -2.11. The molecule has 10 heteroatoms. The fraction of sp³-hybridized carbons (Fsp3) is 0.0968. The van der Waals surface area contributed by atoms with Crippen LogP contribution < -0.4 is 15.8 Å². The molecular formula is C31H24ClFN6O2. The van der Waals surface area contributed by atoms with Crippen molar-refractivity contribution in [2.75, 3.05) is 11.1 Å². The van der Waals surface area contributed by atoms with Gasteiger partial charge in [0, 0.05) is 47.4 Å². The van der Waals surface area contributed by atoms with Crippen molar-refractivity contribution in [3.63, 3.8) is 0 Å². The molecule has 3 heterocycles. The number of aryl methyl sites for hydroxylation is 2.